The van der Waals surface area contributed by atoms with E-state index in [-0.39, 0.29) is 0 Å². The Bertz CT molecular complexity index is 1170. The number of nitrogens with zero attached hydrogens (tertiary/aromatic N) is 4. The summed E-state index contributed by atoms with van der Waals surface area (Å²) in [5.41, 5.74) is 3.54. The van der Waals surface area contributed by atoms with E-state index in [9.17, 15) is 4.79 Å². The summed E-state index contributed by atoms with van der Waals surface area (Å²) in [6.07, 6.45) is 3.40. The number of anilines is 1. The van der Waals surface area contributed by atoms with Crippen LogP contribution in [0.25, 0.3) is 22.3 Å². The molecule has 2 aromatic carbocycles. The van der Waals surface area contributed by atoms with Gasteiger partial charge in [0, 0.05) is 23.0 Å². The minimum atomic E-state index is -0.440. The fourth-order valence-corrected chi connectivity index (χ4v) is 3.35. The Morgan fingerprint density at radius 1 is 1.19 bits per heavy atom. The number of H-pyrrole nitrogens is 1. The van der Waals surface area contributed by atoms with Gasteiger partial charge in [0.1, 0.15) is 5.75 Å². The Hall–Kier alpha value is -3.88. The van der Waals surface area contributed by atoms with Crippen LogP contribution in [0.3, 0.4) is 0 Å². The number of amides is 1. The van der Waals surface area contributed by atoms with E-state index in [4.69, 9.17) is 9.47 Å². The summed E-state index contributed by atoms with van der Waals surface area (Å²) in [6, 6.07) is 13.7. The molecular weight excluding hydrogens is 396 g/mol. The molecule has 1 amide bonds. The standard InChI is InChI=1S/C22H24N6O3/c1-3-4-11-31-22(29)23-18-8-7-15-9-10-28(19(15)13-18)14-17-6-5-16(12-20(17)30-2)21-24-26-27-25-21/h5-10,12-13H,3-4,11,14H2,1-2H3,(H,23,29)(H,24,25,26,27). The Labute approximate surface area is 179 Å². The van der Waals surface area contributed by atoms with Gasteiger partial charge in [0.15, 0.2) is 5.82 Å². The van der Waals surface area contributed by atoms with Crippen LogP contribution in [0.15, 0.2) is 48.7 Å². The van der Waals surface area contributed by atoms with Crippen molar-refractivity contribution in [3.8, 4) is 17.1 Å². The number of carbonyl (C=O) groups is 1. The summed E-state index contributed by atoms with van der Waals surface area (Å²) >= 11 is 0. The number of rotatable bonds is 8. The zero-order valence-electron chi connectivity index (χ0n) is 17.5. The maximum Gasteiger partial charge on any atom is 0.411 e. The Morgan fingerprint density at radius 3 is 2.87 bits per heavy atom. The maximum atomic E-state index is 12.0. The average Bonchev–Trinajstić information content (AvgIpc) is 3.45. The second-order valence-corrected chi connectivity index (χ2v) is 7.11. The van der Waals surface area contributed by atoms with E-state index < -0.39 is 6.09 Å². The molecule has 2 N–H and O–H groups in total. The Morgan fingerprint density at radius 2 is 2.10 bits per heavy atom. The van der Waals surface area contributed by atoms with E-state index in [1.54, 1.807) is 7.11 Å². The van der Waals surface area contributed by atoms with Crippen LogP contribution in [0.5, 0.6) is 5.75 Å². The van der Waals surface area contributed by atoms with Crippen molar-refractivity contribution in [1.29, 1.82) is 0 Å². The fraction of sp³-hybridized carbons (Fsp3) is 0.273. The fourth-order valence-electron chi connectivity index (χ4n) is 3.35. The zero-order valence-corrected chi connectivity index (χ0v) is 17.5. The third-order valence-corrected chi connectivity index (χ3v) is 5.00. The number of aromatic amines is 1. The second-order valence-electron chi connectivity index (χ2n) is 7.11. The van der Waals surface area contributed by atoms with Crippen molar-refractivity contribution in [3.63, 3.8) is 0 Å². The quantitative estimate of drug-likeness (QED) is 0.413. The number of benzene rings is 2. The number of unbranched alkanes of at least 4 members (excludes halogenated alkanes) is 1. The van der Waals surface area contributed by atoms with E-state index >= 15 is 0 Å². The van der Waals surface area contributed by atoms with E-state index in [2.05, 4.69) is 37.4 Å². The van der Waals surface area contributed by atoms with Crippen molar-refractivity contribution in [2.45, 2.75) is 26.3 Å². The van der Waals surface area contributed by atoms with Gasteiger partial charge in [0.2, 0.25) is 0 Å². The van der Waals surface area contributed by atoms with Gasteiger partial charge in [-0.15, -0.1) is 5.10 Å². The molecule has 0 aliphatic rings. The lowest BCUT2D eigenvalue weighted by atomic mass is 10.1. The van der Waals surface area contributed by atoms with Crippen LogP contribution in [0.4, 0.5) is 10.5 Å². The van der Waals surface area contributed by atoms with E-state index in [0.29, 0.717) is 24.7 Å². The summed E-state index contributed by atoms with van der Waals surface area (Å²) in [5, 5.41) is 17.8. The van der Waals surface area contributed by atoms with Gasteiger partial charge >= 0.3 is 6.09 Å². The third-order valence-electron chi connectivity index (χ3n) is 5.00. The normalized spacial score (nSPS) is 10.9. The number of hydrogen-bond donors (Lipinski definition) is 2. The van der Waals surface area contributed by atoms with E-state index in [0.717, 1.165) is 40.6 Å². The van der Waals surface area contributed by atoms with Crippen LogP contribution < -0.4 is 10.1 Å². The number of aromatic nitrogens is 5. The number of tetrazole rings is 1. The lowest BCUT2D eigenvalue weighted by Gasteiger charge is -2.12. The van der Waals surface area contributed by atoms with Crippen molar-refractivity contribution in [2.24, 2.45) is 0 Å². The largest absolute Gasteiger partial charge is 0.496 e. The van der Waals surface area contributed by atoms with Gasteiger partial charge in [0.25, 0.3) is 0 Å². The number of ether oxygens (including phenoxy) is 2. The number of methoxy groups -OCH3 is 1. The summed E-state index contributed by atoms with van der Waals surface area (Å²) < 4.78 is 12.9. The van der Waals surface area contributed by atoms with Crippen LogP contribution >= 0.6 is 0 Å². The Kier molecular flexibility index (Phi) is 6.11. The topological polar surface area (TPSA) is 107 Å². The summed E-state index contributed by atoms with van der Waals surface area (Å²) in [4.78, 5) is 12.0. The van der Waals surface area contributed by atoms with Crippen LogP contribution in [0, 0.1) is 0 Å². The smallest absolute Gasteiger partial charge is 0.411 e. The molecule has 0 atom stereocenters. The monoisotopic (exact) mass is 420 g/mol. The minimum Gasteiger partial charge on any atom is -0.496 e. The molecule has 0 radical (unpaired) electrons. The van der Waals surface area contributed by atoms with Gasteiger partial charge in [-0.3, -0.25) is 5.32 Å². The van der Waals surface area contributed by atoms with E-state index in [1.807, 2.05) is 48.7 Å². The number of hydrogen-bond acceptors (Lipinski definition) is 6. The van der Waals surface area contributed by atoms with Crippen molar-refractivity contribution in [2.75, 3.05) is 19.0 Å². The molecule has 0 aliphatic heterocycles. The van der Waals surface area contributed by atoms with Gasteiger partial charge in [-0.05, 0) is 46.5 Å². The Balaban J connectivity index is 1.55. The molecule has 31 heavy (non-hydrogen) atoms. The summed E-state index contributed by atoms with van der Waals surface area (Å²) in [5.74, 6) is 1.32. The van der Waals surface area contributed by atoms with Crippen molar-refractivity contribution < 1.29 is 14.3 Å². The maximum absolute atomic E-state index is 12.0. The highest BCUT2D eigenvalue weighted by molar-refractivity contribution is 5.90. The van der Waals surface area contributed by atoms with Crippen LogP contribution in [0.2, 0.25) is 0 Å². The second kappa shape index (κ2) is 9.29. The van der Waals surface area contributed by atoms with E-state index in [1.165, 1.54) is 0 Å². The molecule has 0 fully saturated rings. The average molecular weight is 420 g/mol. The highest BCUT2D eigenvalue weighted by atomic mass is 16.5. The van der Waals surface area contributed by atoms with Crippen molar-refractivity contribution in [1.82, 2.24) is 25.2 Å². The summed E-state index contributed by atoms with van der Waals surface area (Å²) in [7, 11) is 1.64. The highest BCUT2D eigenvalue weighted by Crippen LogP contribution is 2.28. The molecule has 0 aliphatic carbocycles. The van der Waals surface area contributed by atoms with Crippen LogP contribution in [0.1, 0.15) is 25.3 Å². The lowest BCUT2D eigenvalue weighted by Crippen LogP contribution is -2.14. The van der Waals surface area contributed by atoms with Crippen LogP contribution in [-0.4, -0.2) is 45.0 Å². The van der Waals surface area contributed by atoms with Crippen LogP contribution in [-0.2, 0) is 11.3 Å². The molecule has 9 heteroatoms. The first-order valence-electron chi connectivity index (χ1n) is 10.1. The number of nitrogens with one attached hydrogen (secondary N) is 2. The first-order chi connectivity index (χ1) is 15.2. The third kappa shape index (κ3) is 4.66. The van der Waals surface area contributed by atoms with Gasteiger partial charge in [0.05, 0.1) is 25.8 Å². The predicted molar refractivity (Wildman–Crippen MR) is 117 cm³/mol. The zero-order chi connectivity index (χ0) is 21.6. The van der Waals surface area contributed by atoms with Crippen molar-refractivity contribution in [3.05, 3.63) is 54.2 Å². The van der Waals surface area contributed by atoms with Gasteiger partial charge in [-0.25, -0.2) is 9.89 Å². The molecule has 4 rings (SSSR count). The van der Waals surface area contributed by atoms with Crippen molar-refractivity contribution >= 4 is 22.7 Å². The molecule has 0 spiro atoms. The SMILES string of the molecule is CCCCOC(=O)Nc1ccc2ccn(Cc3ccc(-c4nnn[nH]4)cc3OC)c2c1. The minimum absolute atomic E-state index is 0.418. The molecular formula is C22H24N6O3. The molecule has 4 aromatic rings. The summed E-state index contributed by atoms with van der Waals surface area (Å²) in [6.45, 7) is 3.07. The molecule has 0 bridgehead atoms. The molecule has 160 valence electrons. The molecule has 9 nitrogen and oxygen atoms in total. The van der Waals surface area contributed by atoms with Gasteiger partial charge in [-0.1, -0.05) is 31.5 Å². The molecule has 0 saturated heterocycles. The lowest BCUT2D eigenvalue weighted by molar-refractivity contribution is 0.160. The molecule has 2 heterocycles. The first-order valence-corrected chi connectivity index (χ1v) is 10.1. The van der Waals surface area contributed by atoms with Gasteiger partial charge < -0.3 is 14.0 Å². The molecule has 2 aromatic heterocycles. The van der Waals surface area contributed by atoms with Gasteiger partial charge in [-0.2, -0.15) is 0 Å². The highest BCUT2D eigenvalue weighted by Gasteiger charge is 2.11. The number of fused-ring (bicyclic) bond motifs is 1. The molecule has 0 saturated carbocycles. The predicted octanol–water partition coefficient (Wildman–Crippen LogP) is 4.23. The first kappa shape index (κ1) is 20.4. The molecule has 0 unspecified atom stereocenters. The number of carbonyl (C=O) groups excluding carboxylic acids is 1.